The van der Waals surface area contributed by atoms with Gasteiger partial charge in [0.25, 0.3) is 5.91 Å². The van der Waals surface area contributed by atoms with Gasteiger partial charge in [-0.3, -0.25) is 4.79 Å². The highest BCUT2D eigenvalue weighted by molar-refractivity contribution is 6.04. The van der Waals surface area contributed by atoms with Gasteiger partial charge in [0, 0.05) is 29.9 Å². The van der Waals surface area contributed by atoms with Crippen LogP contribution in [0.3, 0.4) is 0 Å². The number of fused-ring (bicyclic) bond motifs is 3. The van der Waals surface area contributed by atoms with E-state index in [0.29, 0.717) is 11.6 Å². The van der Waals surface area contributed by atoms with Crippen LogP contribution in [0.15, 0.2) is 23.7 Å². The maximum Gasteiger partial charge on any atom is 0.250 e. The summed E-state index contributed by atoms with van der Waals surface area (Å²) in [5.41, 5.74) is 6.80. The fraction of sp³-hybridized carbons (Fsp3) is 0.619. The molecular weight excluding hydrogens is 373 g/mol. The highest BCUT2D eigenvalue weighted by Gasteiger charge is 2.47. The molecule has 0 bridgehead atoms. The first-order chi connectivity index (χ1) is 13.8. The lowest BCUT2D eigenvalue weighted by Crippen LogP contribution is -2.46. The topological polar surface area (TPSA) is 85.4 Å². The summed E-state index contributed by atoms with van der Waals surface area (Å²) in [6.45, 7) is 9.15. The number of nitrogens with two attached hydrogens (primary N) is 1. The molecule has 3 N–H and O–H groups in total. The molecule has 3 aliphatic heterocycles. The molecule has 2 saturated heterocycles. The van der Waals surface area contributed by atoms with Crippen LogP contribution in [-0.4, -0.2) is 59.0 Å². The van der Waals surface area contributed by atoms with Crippen molar-refractivity contribution in [3.8, 4) is 0 Å². The predicted octanol–water partition coefficient (Wildman–Crippen LogP) is 2.02. The highest BCUT2D eigenvalue weighted by Crippen LogP contribution is 2.49. The van der Waals surface area contributed by atoms with Crippen molar-refractivity contribution in [1.82, 2.24) is 14.7 Å². The third kappa shape index (κ3) is 2.92. The Kier molecular flexibility index (Phi) is 4.15. The standard InChI is InChI=1S/C21H28FN5O2/c1-20(3-5-26(6-4-20)10-13-11-29-12-13)16-9-24-27-17-15(18(23)28)7-14(22)8-21(17,2)25-19(16)27/h7,9,13,25H,3-6,8,10-12H2,1-2H3,(H2,23,28). The zero-order valence-corrected chi connectivity index (χ0v) is 17.0. The molecule has 156 valence electrons. The second kappa shape index (κ2) is 6.40. The molecule has 0 aromatic carbocycles. The van der Waals surface area contributed by atoms with Crippen LogP contribution in [0.5, 0.6) is 0 Å². The van der Waals surface area contributed by atoms with Crippen LogP contribution in [0.25, 0.3) is 5.70 Å². The number of ether oxygens (including phenoxy) is 1. The average molecular weight is 401 g/mol. The Labute approximate surface area is 169 Å². The van der Waals surface area contributed by atoms with Crippen LogP contribution in [-0.2, 0) is 14.9 Å². The Morgan fingerprint density at radius 1 is 1.38 bits per heavy atom. The molecule has 4 heterocycles. The highest BCUT2D eigenvalue weighted by atomic mass is 19.1. The first-order valence-electron chi connectivity index (χ1n) is 10.4. The number of rotatable bonds is 4. The van der Waals surface area contributed by atoms with Gasteiger partial charge in [-0.25, -0.2) is 9.07 Å². The van der Waals surface area contributed by atoms with Crippen molar-refractivity contribution in [3.05, 3.63) is 29.2 Å². The third-order valence-corrected chi connectivity index (χ3v) is 7.08. The minimum absolute atomic E-state index is 0.0174. The minimum Gasteiger partial charge on any atom is -0.381 e. The van der Waals surface area contributed by atoms with Crippen molar-refractivity contribution in [3.63, 3.8) is 0 Å². The minimum atomic E-state index is -0.719. The van der Waals surface area contributed by atoms with Crippen LogP contribution in [0.1, 0.15) is 38.7 Å². The summed E-state index contributed by atoms with van der Waals surface area (Å²) in [4.78, 5) is 14.5. The Hall–Kier alpha value is -2.19. The van der Waals surface area contributed by atoms with E-state index < -0.39 is 11.4 Å². The molecule has 1 aromatic heterocycles. The van der Waals surface area contributed by atoms with Crippen molar-refractivity contribution in [1.29, 1.82) is 0 Å². The van der Waals surface area contributed by atoms with E-state index in [1.807, 2.05) is 13.1 Å². The van der Waals surface area contributed by atoms with E-state index in [1.54, 1.807) is 4.68 Å². The summed E-state index contributed by atoms with van der Waals surface area (Å²) in [7, 11) is 0. The van der Waals surface area contributed by atoms with Gasteiger partial charge in [-0.15, -0.1) is 0 Å². The molecular formula is C21H28FN5O2. The fourth-order valence-electron chi connectivity index (χ4n) is 5.23. The number of aromatic nitrogens is 2. The van der Waals surface area contributed by atoms with Crippen LogP contribution in [0.4, 0.5) is 10.2 Å². The summed E-state index contributed by atoms with van der Waals surface area (Å²) in [5, 5.41) is 8.09. The lowest BCUT2D eigenvalue weighted by Gasteiger charge is -2.41. The zero-order valence-electron chi connectivity index (χ0n) is 17.0. The third-order valence-electron chi connectivity index (χ3n) is 7.08. The molecule has 2 fully saturated rings. The monoisotopic (exact) mass is 401 g/mol. The lowest BCUT2D eigenvalue weighted by molar-refractivity contribution is -0.114. The van der Waals surface area contributed by atoms with Gasteiger partial charge in [0.2, 0.25) is 0 Å². The number of amides is 1. The number of carbonyl (C=O) groups excluding carboxylic acids is 1. The number of carbonyl (C=O) groups is 1. The summed E-state index contributed by atoms with van der Waals surface area (Å²) in [5.74, 6) is 0.565. The largest absolute Gasteiger partial charge is 0.381 e. The molecule has 1 amide bonds. The zero-order chi connectivity index (χ0) is 20.4. The lowest BCUT2D eigenvalue weighted by atomic mass is 9.75. The molecule has 0 radical (unpaired) electrons. The Morgan fingerprint density at radius 2 is 2.10 bits per heavy atom. The van der Waals surface area contributed by atoms with E-state index in [1.165, 1.54) is 6.08 Å². The number of nitrogens with zero attached hydrogens (tertiary/aromatic N) is 3. The maximum absolute atomic E-state index is 14.3. The normalized spacial score (nSPS) is 29.0. The second-order valence-electron chi connectivity index (χ2n) is 9.44. The average Bonchev–Trinajstić information content (AvgIpc) is 3.14. The number of hydrogen-bond donors (Lipinski definition) is 2. The van der Waals surface area contributed by atoms with E-state index in [2.05, 4.69) is 22.2 Å². The van der Waals surface area contributed by atoms with Crippen molar-refractivity contribution >= 4 is 17.4 Å². The SMILES string of the molecule is CC12CC(F)=CC(C(N)=O)=C1n1ncc(C3(C)CCN(CC4COC4)CC3)c1N2. The maximum atomic E-state index is 14.3. The van der Waals surface area contributed by atoms with E-state index >= 15 is 0 Å². The Morgan fingerprint density at radius 3 is 2.72 bits per heavy atom. The molecule has 5 rings (SSSR count). The predicted molar refractivity (Wildman–Crippen MR) is 108 cm³/mol. The van der Waals surface area contributed by atoms with E-state index in [-0.39, 0.29) is 23.2 Å². The molecule has 29 heavy (non-hydrogen) atoms. The van der Waals surface area contributed by atoms with Crippen LogP contribution < -0.4 is 11.1 Å². The summed E-state index contributed by atoms with van der Waals surface area (Å²) in [6, 6.07) is 0. The molecule has 4 aliphatic rings. The van der Waals surface area contributed by atoms with Gasteiger partial charge in [0.1, 0.15) is 11.6 Å². The quantitative estimate of drug-likeness (QED) is 0.806. The number of anilines is 1. The van der Waals surface area contributed by atoms with Gasteiger partial charge in [-0.1, -0.05) is 6.92 Å². The first kappa shape index (κ1) is 18.8. The molecule has 0 saturated carbocycles. The van der Waals surface area contributed by atoms with Gasteiger partial charge in [-0.2, -0.15) is 5.10 Å². The molecule has 1 atom stereocenters. The summed E-state index contributed by atoms with van der Waals surface area (Å²) in [6.07, 6.45) is 5.40. The van der Waals surface area contributed by atoms with Crippen molar-refractivity contribution in [2.75, 3.05) is 38.2 Å². The van der Waals surface area contributed by atoms with Gasteiger partial charge >= 0.3 is 0 Å². The van der Waals surface area contributed by atoms with Crippen molar-refractivity contribution in [2.24, 2.45) is 11.7 Å². The number of primary amides is 1. The number of nitrogens with one attached hydrogen (secondary N) is 1. The molecule has 7 nitrogen and oxygen atoms in total. The molecule has 1 aromatic rings. The van der Waals surface area contributed by atoms with E-state index in [4.69, 9.17) is 10.5 Å². The van der Waals surface area contributed by atoms with Crippen LogP contribution in [0.2, 0.25) is 0 Å². The van der Waals surface area contributed by atoms with Crippen molar-refractivity contribution in [2.45, 2.75) is 44.1 Å². The fourth-order valence-corrected chi connectivity index (χ4v) is 5.23. The van der Waals surface area contributed by atoms with E-state index in [9.17, 15) is 9.18 Å². The summed E-state index contributed by atoms with van der Waals surface area (Å²) < 4.78 is 21.3. The Balaban J connectivity index is 1.44. The van der Waals surface area contributed by atoms with Crippen LogP contribution >= 0.6 is 0 Å². The van der Waals surface area contributed by atoms with Gasteiger partial charge in [-0.05, 0) is 38.9 Å². The Bertz CT molecular complexity index is 924. The number of halogens is 1. The van der Waals surface area contributed by atoms with Gasteiger partial charge < -0.3 is 20.7 Å². The van der Waals surface area contributed by atoms with Crippen molar-refractivity contribution < 1.29 is 13.9 Å². The summed E-state index contributed by atoms with van der Waals surface area (Å²) >= 11 is 0. The molecule has 0 spiro atoms. The molecule has 8 heteroatoms. The number of likely N-dealkylation sites (tertiary alicyclic amines) is 1. The number of piperidine rings is 1. The van der Waals surface area contributed by atoms with Crippen LogP contribution in [0, 0.1) is 5.92 Å². The smallest absolute Gasteiger partial charge is 0.250 e. The number of hydrogen-bond acceptors (Lipinski definition) is 5. The van der Waals surface area contributed by atoms with E-state index in [0.717, 1.165) is 57.1 Å². The second-order valence-corrected chi connectivity index (χ2v) is 9.44. The first-order valence-corrected chi connectivity index (χ1v) is 10.4. The molecule has 1 unspecified atom stereocenters. The molecule has 1 aliphatic carbocycles. The van der Waals surface area contributed by atoms with Gasteiger partial charge in [0.05, 0.1) is 36.2 Å². The van der Waals surface area contributed by atoms with Gasteiger partial charge in [0.15, 0.2) is 0 Å².